The van der Waals surface area contributed by atoms with Crippen LogP contribution in [0.3, 0.4) is 0 Å². The number of hydrogen-bond donors (Lipinski definition) is 1. The van der Waals surface area contributed by atoms with E-state index < -0.39 is 8.07 Å². The summed E-state index contributed by atoms with van der Waals surface area (Å²) in [6, 6.07) is 6.09. The standard InChI is InChI=1S/C15H20N2OSi/c1-17-10-13-6-5-12(7-8-19(2,3)4)9-14(13)16-15(18)11-17/h5-6,9H,10-11H2,1-4H3,(H,16,18). The number of anilines is 1. The van der Waals surface area contributed by atoms with Crippen molar-refractivity contribution in [1.29, 1.82) is 0 Å². The van der Waals surface area contributed by atoms with Crippen LogP contribution in [0.1, 0.15) is 11.1 Å². The molecule has 1 aliphatic heterocycles. The van der Waals surface area contributed by atoms with Crippen LogP contribution in [0.15, 0.2) is 18.2 Å². The Balaban J connectivity index is 2.32. The molecule has 0 radical (unpaired) electrons. The number of nitrogens with one attached hydrogen (secondary N) is 1. The maximum Gasteiger partial charge on any atom is 0.238 e. The summed E-state index contributed by atoms with van der Waals surface area (Å²) in [5.74, 6) is 3.27. The van der Waals surface area contributed by atoms with Gasteiger partial charge in [-0.3, -0.25) is 9.69 Å². The molecule has 1 aromatic rings. The van der Waals surface area contributed by atoms with Gasteiger partial charge >= 0.3 is 0 Å². The number of nitrogens with zero attached hydrogens (tertiary/aromatic N) is 1. The lowest BCUT2D eigenvalue weighted by atomic mass is 10.1. The highest BCUT2D eigenvalue weighted by atomic mass is 28.3. The minimum Gasteiger partial charge on any atom is -0.325 e. The molecule has 0 spiro atoms. The predicted octanol–water partition coefficient (Wildman–Crippen LogP) is 2.30. The van der Waals surface area contributed by atoms with E-state index in [2.05, 4.69) is 42.5 Å². The summed E-state index contributed by atoms with van der Waals surface area (Å²) in [5, 5.41) is 2.95. The van der Waals surface area contributed by atoms with Gasteiger partial charge in [0.25, 0.3) is 0 Å². The van der Waals surface area contributed by atoms with E-state index in [1.165, 1.54) is 0 Å². The Kier molecular flexibility index (Phi) is 3.79. The molecule has 1 aromatic carbocycles. The molecule has 0 unspecified atom stereocenters. The normalized spacial score (nSPS) is 15.9. The smallest absolute Gasteiger partial charge is 0.238 e. The van der Waals surface area contributed by atoms with Crippen molar-refractivity contribution in [3.63, 3.8) is 0 Å². The Morgan fingerprint density at radius 1 is 1.26 bits per heavy atom. The molecule has 0 aromatic heterocycles. The summed E-state index contributed by atoms with van der Waals surface area (Å²) in [6.07, 6.45) is 0. The fourth-order valence-electron chi connectivity index (χ4n) is 1.95. The quantitative estimate of drug-likeness (QED) is 0.580. The molecule has 19 heavy (non-hydrogen) atoms. The summed E-state index contributed by atoms with van der Waals surface area (Å²) in [6.45, 7) is 7.89. The maximum absolute atomic E-state index is 11.7. The Morgan fingerprint density at radius 3 is 2.68 bits per heavy atom. The first-order chi connectivity index (χ1) is 8.83. The van der Waals surface area contributed by atoms with E-state index in [4.69, 9.17) is 0 Å². The lowest BCUT2D eigenvalue weighted by Crippen LogP contribution is -2.26. The van der Waals surface area contributed by atoms with Gasteiger partial charge in [-0.2, -0.15) is 0 Å². The SMILES string of the molecule is CN1CC(=O)Nc2cc(C#C[Si](C)(C)C)ccc2C1. The van der Waals surface area contributed by atoms with Gasteiger partial charge in [0.1, 0.15) is 8.07 Å². The molecule has 0 atom stereocenters. The first-order valence-electron chi connectivity index (χ1n) is 6.48. The number of carbonyl (C=O) groups is 1. The molecule has 0 saturated carbocycles. The van der Waals surface area contributed by atoms with E-state index in [0.29, 0.717) is 6.54 Å². The lowest BCUT2D eigenvalue weighted by Gasteiger charge is -2.11. The Morgan fingerprint density at radius 2 is 2.00 bits per heavy atom. The van der Waals surface area contributed by atoms with Crippen molar-refractivity contribution in [2.75, 3.05) is 18.9 Å². The second-order valence-corrected chi connectivity index (χ2v) is 10.8. The van der Waals surface area contributed by atoms with E-state index in [1.54, 1.807) is 0 Å². The minimum absolute atomic E-state index is 0.0385. The number of hydrogen-bond acceptors (Lipinski definition) is 2. The van der Waals surface area contributed by atoms with Crippen LogP contribution >= 0.6 is 0 Å². The summed E-state index contributed by atoms with van der Waals surface area (Å²) >= 11 is 0. The average molecular weight is 272 g/mol. The second kappa shape index (κ2) is 5.20. The van der Waals surface area contributed by atoms with Crippen LogP contribution in [-0.2, 0) is 11.3 Å². The predicted molar refractivity (Wildman–Crippen MR) is 81.6 cm³/mol. The van der Waals surface area contributed by atoms with Crippen molar-refractivity contribution < 1.29 is 4.79 Å². The first-order valence-corrected chi connectivity index (χ1v) is 9.98. The molecule has 0 aliphatic carbocycles. The van der Waals surface area contributed by atoms with Gasteiger partial charge in [0.2, 0.25) is 5.91 Å². The van der Waals surface area contributed by atoms with Gasteiger partial charge in [-0.1, -0.05) is 31.6 Å². The molecule has 0 fully saturated rings. The number of likely N-dealkylation sites (N-methyl/N-ethyl adjacent to an activating group) is 1. The zero-order valence-electron chi connectivity index (χ0n) is 12.0. The highest BCUT2D eigenvalue weighted by Crippen LogP contribution is 2.21. The number of carbonyl (C=O) groups excluding carboxylic acids is 1. The molecule has 1 N–H and O–H groups in total. The summed E-state index contributed by atoms with van der Waals surface area (Å²) < 4.78 is 0. The van der Waals surface area contributed by atoms with E-state index in [1.807, 2.05) is 24.1 Å². The Bertz CT molecular complexity index is 564. The molecular formula is C15H20N2OSi. The van der Waals surface area contributed by atoms with Crippen molar-refractivity contribution in [3.8, 4) is 11.5 Å². The van der Waals surface area contributed by atoms with Gasteiger partial charge < -0.3 is 5.32 Å². The molecule has 100 valence electrons. The average Bonchev–Trinajstić information content (AvgIpc) is 2.41. The Hall–Kier alpha value is -1.57. The van der Waals surface area contributed by atoms with Crippen molar-refractivity contribution in [3.05, 3.63) is 29.3 Å². The molecule has 4 heteroatoms. The third kappa shape index (κ3) is 3.95. The van der Waals surface area contributed by atoms with Gasteiger partial charge in [-0.25, -0.2) is 0 Å². The number of amides is 1. The summed E-state index contributed by atoms with van der Waals surface area (Å²) in [5.41, 5.74) is 6.37. The third-order valence-electron chi connectivity index (χ3n) is 2.82. The highest BCUT2D eigenvalue weighted by Gasteiger charge is 2.16. The number of fused-ring (bicyclic) bond motifs is 1. The molecular weight excluding hydrogens is 252 g/mol. The first kappa shape index (κ1) is 13.8. The van der Waals surface area contributed by atoms with Crippen LogP contribution in [0.4, 0.5) is 5.69 Å². The Labute approximate surface area is 116 Å². The maximum atomic E-state index is 11.7. The van der Waals surface area contributed by atoms with E-state index in [0.717, 1.165) is 23.4 Å². The molecule has 1 aliphatic rings. The van der Waals surface area contributed by atoms with Gasteiger partial charge in [-0.05, 0) is 24.7 Å². The van der Waals surface area contributed by atoms with E-state index >= 15 is 0 Å². The van der Waals surface area contributed by atoms with Crippen LogP contribution < -0.4 is 5.32 Å². The van der Waals surface area contributed by atoms with Crippen LogP contribution in [0.5, 0.6) is 0 Å². The van der Waals surface area contributed by atoms with Gasteiger partial charge in [-0.15, -0.1) is 5.54 Å². The van der Waals surface area contributed by atoms with Crippen LogP contribution in [-0.4, -0.2) is 32.5 Å². The number of rotatable bonds is 0. The fourth-order valence-corrected chi connectivity index (χ4v) is 2.47. The van der Waals surface area contributed by atoms with Gasteiger partial charge in [0.15, 0.2) is 0 Å². The molecule has 0 saturated heterocycles. The third-order valence-corrected chi connectivity index (χ3v) is 3.69. The highest BCUT2D eigenvalue weighted by molar-refractivity contribution is 6.83. The van der Waals surface area contributed by atoms with Crippen molar-refractivity contribution in [2.24, 2.45) is 0 Å². The lowest BCUT2D eigenvalue weighted by molar-refractivity contribution is -0.116. The summed E-state index contributed by atoms with van der Waals surface area (Å²) in [7, 11) is 0.585. The largest absolute Gasteiger partial charge is 0.325 e. The molecule has 3 nitrogen and oxygen atoms in total. The van der Waals surface area contributed by atoms with Crippen LogP contribution in [0.25, 0.3) is 0 Å². The molecule has 0 bridgehead atoms. The van der Waals surface area contributed by atoms with Crippen LogP contribution in [0, 0.1) is 11.5 Å². The zero-order chi connectivity index (χ0) is 14.0. The second-order valence-electron chi connectivity index (χ2n) is 6.09. The summed E-state index contributed by atoms with van der Waals surface area (Å²) in [4.78, 5) is 13.7. The number of benzene rings is 1. The zero-order valence-corrected chi connectivity index (χ0v) is 13.0. The van der Waals surface area contributed by atoms with Crippen molar-refractivity contribution >= 4 is 19.7 Å². The van der Waals surface area contributed by atoms with Gasteiger partial charge in [0, 0.05) is 17.8 Å². The topological polar surface area (TPSA) is 32.3 Å². The monoisotopic (exact) mass is 272 g/mol. The van der Waals surface area contributed by atoms with E-state index in [-0.39, 0.29) is 5.91 Å². The minimum atomic E-state index is -1.37. The van der Waals surface area contributed by atoms with Crippen molar-refractivity contribution in [2.45, 2.75) is 26.2 Å². The van der Waals surface area contributed by atoms with Crippen LogP contribution in [0.2, 0.25) is 19.6 Å². The molecule has 1 amide bonds. The molecule has 2 rings (SSSR count). The fraction of sp³-hybridized carbons (Fsp3) is 0.400. The van der Waals surface area contributed by atoms with Crippen molar-refractivity contribution in [1.82, 2.24) is 4.90 Å². The van der Waals surface area contributed by atoms with E-state index in [9.17, 15) is 4.79 Å². The van der Waals surface area contributed by atoms with Gasteiger partial charge in [0.05, 0.1) is 6.54 Å². The molecule has 1 heterocycles.